The highest BCUT2D eigenvalue weighted by Crippen LogP contribution is 2.32. The number of nitrogens with zero attached hydrogens (tertiary/aromatic N) is 1. The van der Waals surface area contributed by atoms with Gasteiger partial charge in [0.2, 0.25) is 5.43 Å². The molecule has 4 nitrogen and oxygen atoms in total. The van der Waals surface area contributed by atoms with Crippen molar-refractivity contribution < 1.29 is 9.15 Å². The summed E-state index contributed by atoms with van der Waals surface area (Å²) >= 11 is 9.40. The molecule has 0 N–H and O–H groups in total. The molecule has 0 spiro atoms. The maximum Gasteiger partial charge on any atom is 0.200 e. The summed E-state index contributed by atoms with van der Waals surface area (Å²) in [5.74, 6) is 0.773. The van der Waals surface area contributed by atoms with Gasteiger partial charge >= 0.3 is 0 Å². The van der Waals surface area contributed by atoms with Crippen molar-refractivity contribution >= 4 is 38.5 Å². The van der Waals surface area contributed by atoms with Gasteiger partial charge in [0.1, 0.15) is 24.3 Å². The van der Waals surface area contributed by atoms with Gasteiger partial charge in [0.25, 0.3) is 0 Å². The third-order valence-electron chi connectivity index (χ3n) is 5.57. The Bertz CT molecular complexity index is 1300. The van der Waals surface area contributed by atoms with Crippen LogP contribution in [0.5, 0.6) is 5.75 Å². The molecule has 0 saturated carbocycles. The fourth-order valence-electron chi connectivity index (χ4n) is 3.87. The molecular formula is C25H19BrClNO3. The van der Waals surface area contributed by atoms with Gasteiger partial charge in [-0.15, -0.1) is 0 Å². The molecule has 156 valence electrons. The summed E-state index contributed by atoms with van der Waals surface area (Å²) in [6, 6.07) is 19.2. The molecule has 0 aliphatic carbocycles. The van der Waals surface area contributed by atoms with E-state index in [4.69, 9.17) is 20.8 Å². The van der Waals surface area contributed by atoms with Crippen molar-refractivity contribution in [1.82, 2.24) is 4.90 Å². The van der Waals surface area contributed by atoms with Crippen LogP contribution in [0.1, 0.15) is 11.1 Å². The quantitative estimate of drug-likeness (QED) is 0.334. The van der Waals surface area contributed by atoms with Gasteiger partial charge in [-0.25, -0.2) is 0 Å². The van der Waals surface area contributed by atoms with Gasteiger partial charge in [-0.2, -0.15) is 0 Å². The maximum absolute atomic E-state index is 13.2. The van der Waals surface area contributed by atoms with Crippen LogP contribution >= 0.6 is 27.5 Å². The summed E-state index contributed by atoms with van der Waals surface area (Å²) in [4.78, 5) is 15.4. The van der Waals surface area contributed by atoms with E-state index in [9.17, 15) is 4.79 Å². The Morgan fingerprint density at radius 2 is 1.77 bits per heavy atom. The Morgan fingerprint density at radius 3 is 2.55 bits per heavy atom. The van der Waals surface area contributed by atoms with Crippen LogP contribution in [-0.2, 0) is 13.0 Å². The molecule has 6 heteroatoms. The number of fused-ring (bicyclic) bond motifs is 3. The normalized spacial score (nSPS) is 13.7. The number of hydrogen-bond donors (Lipinski definition) is 0. The Kier molecular flexibility index (Phi) is 5.57. The highest BCUT2D eigenvalue weighted by Gasteiger charge is 2.22. The minimum atomic E-state index is -0.0374. The smallest absolute Gasteiger partial charge is 0.200 e. The van der Waals surface area contributed by atoms with Crippen LogP contribution < -0.4 is 10.2 Å². The Balaban J connectivity index is 1.43. The zero-order chi connectivity index (χ0) is 21.4. The van der Waals surface area contributed by atoms with Crippen LogP contribution in [0.3, 0.4) is 0 Å². The van der Waals surface area contributed by atoms with E-state index in [0.29, 0.717) is 29.8 Å². The van der Waals surface area contributed by atoms with E-state index in [-0.39, 0.29) is 5.43 Å². The first-order valence-corrected chi connectivity index (χ1v) is 11.2. The molecule has 1 aliphatic rings. The molecule has 0 amide bonds. The summed E-state index contributed by atoms with van der Waals surface area (Å²) in [6.07, 6.45) is 2.44. The molecule has 3 aromatic carbocycles. The lowest BCUT2D eigenvalue weighted by Gasteiger charge is -2.29. The molecule has 0 saturated heterocycles. The zero-order valence-electron chi connectivity index (χ0n) is 16.6. The Labute approximate surface area is 193 Å². The molecule has 4 aromatic rings. The van der Waals surface area contributed by atoms with Crippen molar-refractivity contribution in [1.29, 1.82) is 0 Å². The standard InChI is InChI=1S/C25H19BrClNO3/c26-18-5-3-17(4-6-18)22-14-30-25-20(24(22)29)9-10-23-21(25)13-28(15-31-23)12-11-16-1-7-19(27)8-2-16/h1-10,14H,11-13,15H2. The minimum Gasteiger partial charge on any atom is -0.478 e. The van der Waals surface area contributed by atoms with Gasteiger partial charge < -0.3 is 9.15 Å². The predicted octanol–water partition coefficient (Wildman–Crippen LogP) is 6.27. The fourth-order valence-corrected chi connectivity index (χ4v) is 4.26. The maximum atomic E-state index is 13.2. The Morgan fingerprint density at radius 1 is 1.00 bits per heavy atom. The second-order valence-corrected chi connectivity index (χ2v) is 8.96. The summed E-state index contributed by atoms with van der Waals surface area (Å²) in [7, 11) is 0. The lowest BCUT2D eigenvalue weighted by Crippen LogP contribution is -2.33. The topological polar surface area (TPSA) is 42.7 Å². The number of ether oxygens (including phenoxy) is 1. The average molecular weight is 497 g/mol. The predicted molar refractivity (Wildman–Crippen MR) is 127 cm³/mol. The molecule has 0 bridgehead atoms. The lowest BCUT2D eigenvalue weighted by molar-refractivity contribution is 0.0968. The third-order valence-corrected chi connectivity index (χ3v) is 6.35. The first kappa shape index (κ1) is 20.3. The van der Waals surface area contributed by atoms with E-state index in [0.717, 1.165) is 39.3 Å². The summed E-state index contributed by atoms with van der Waals surface area (Å²) in [6.45, 7) is 2.01. The van der Waals surface area contributed by atoms with Gasteiger partial charge in [0.15, 0.2) is 0 Å². The van der Waals surface area contributed by atoms with E-state index >= 15 is 0 Å². The second-order valence-electron chi connectivity index (χ2n) is 7.61. The van der Waals surface area contributed by atoms with E-state index < -0.39 is 0 Å². The minimum absolute atomic E-state index is 0.0374. The second kappa shape index (κ2) is 8.50. The molecule has 0 fully saturated rings. The molecule has 5 rings (SSSR count). The highest BCUT2D eigenvalue weighted by atomic mass is 79.9. The molecule has 0 atom stereocenters. The number of rotatable bonds is 4. The molecule has 0 radical (unpaired) electrons. The average Bonchev–Trinajstić information content (AvgIpc) is 2.79. The van der Waals surface area contributed by atoms with E-state index in [1.54, 1.807) is 12.3 Å². The number of hydrogen-bond acceptors (Lipinski definition) is 4. The van der Waals surface area contributed by atoms with Crippen LogP contribution in [0.4, 0.5) is 0 Å². The van der Waals surface area contributed by atoms with Crippen LogP contribution in [0.25, 0.3) is 22.1 Å². The van der Waals surface area contributed by atoms with Crippen molar-refractivity contribution in [2.45, 2.75) is 13.0 Å². The highest BCUT2D eigenvalue weighted by molar-refractivity contribution is 9.10. The SMILES string of the molecule is O=c1c(-c2ccc(Br)cc2)coc2c3c(ccc12)OCN(CCc1ccc(Cl)cc1)C3. The van der Waals surface area contributed by atoms with Crippen LogP contribution in [0, 0.1) is 0 Å². The van der Waals surface area contributed by atoms with Crippen LogP contribution in [0.2, 0.25) is 5.02 Å². The van der Waals surface area contributed by atoms with Crippen LogP contribution in [-0.4, -0.2) is 18.2 Å². The van der Waals surface area contributed by atoms with Gasteiger partial charge in [0, 0.05) is 22.6 Å². The van der Waals surface area contributed by atoms with E-state index in [2.05, 4.69) is 20.8 Å². The molecule has 1 aromatic heterocycles. The summed E-state index contributed by atoms with van der Waals surface area (Å²) < 4.78 is 12.9. The Hall–Kier alpha value is -2.60. The molecule has 31 heavy (non-hydrogen) atoms. The monoisotopic (exact) mass is 495 g/mol. The zero-order valence-corrected chi connectivity index (χ0v) is 18.9. The van der Waals surface area contributed by atoms with Gasteiger partial charge in [-0.3, -0.25) is 9.69 Å². The first-order chi connectivity index (χ1) is 15.1. The van der Waals surface area contributed by atoms with E-state index in [1.807, 2.05) is 54.6 Å². The summed E-state index contributed by atoms with van der Waals surface area (Å²) in [5.41, 5.74) is 4.08. The number of benzene rings is 3. The van der Waals surface area contributed by atoms with Crippen LogP contribution in [0.15, 0.2) is 80.6 Å². The van der Waals surface area contributed by atoms with Gasteiger partial charge in [0.05, 0.1) is 16.5 Å². The van der Waals surface area contributed by atoms with Crippen molar-refractivity contribution in [3.05, 3.63) is 97.8 Å². The number of halogens is 2. The van der Waals surface area contributed by atoms with Gasteiger partial charge in [-0.05, 0) is 53.9 Å². The lowest BCUT2D eigenvalue weighted by atomic mass is 10.0. The fraction of sp³-hybridized carbons (Fsp3) is 0.160. The van der Waals surface area contributed by atoms with Crippen molar-refractivity contribution in [3.8, 4) is 16.9 Å². The third kappa shape index (κ3) is 4.13. The largest absolute Gasteiger partial charge is 0.478 e. The molecule has 1 aliphatic heterocycles. The van der Waals surface area contributed by atoms with E-state index in [1.165, 1.54) is 5.56 Å². The van der Waals surface area contributed by atoms with Crippen molar-refractivity contribution in [2.24, 2.45) is 0 Å². The molecular weight excluding hydrogens is 478 g/mol. The molecule has 2 heterocycles. The summed E-state index contributed by atoms with van der Waals surface area (Å²) in [5, 5.41) is 1.31. The van der Waals surface area contributed by atoms with Crippen molar-refractivity contribution in [3.63, 3.8) is 0 Å². The van der Waals surface area contributed by atoms with Crippen molar-refractivity contribution in [2.75, 3.05) is 13.3 Å². The molecule has 0 unspecified atom stereocenters. The van der Waals surface area contributed by atoms with Gasteiger partial charge in [-0.1, -0.05) is 51.8 Å². The first-order valence-electron chi connectivity index (χ1n) is 10.0.